The molecule has 2 aromatic heterocycles. The van der Waals surface area contributed by atoms with E-state index in [0.717, 1.165) is 100 Å². The van der Waals surface area contributed by atoms with E-state index in [4.69, 9.17) is 14.6 Å². The molecule has 14 heteroatoms. The van der Waals surface area contributed by atoms with Crippen molar-refractivity contribution < 1.29 is 48.3 Å². The molecule has 0 saturated carbocycles. The number of unbranched alkanes of at least 4 members (excludes halogenated alkanes) is 13. The molecule has 6 aromatic rings. The Bertz CT molecular complexity index is 2400. The first-order valence-corrected chi connectivity index (χ1v) is 30.3. The lowest BCUT2D eigenvalue weighted by atomic mass is 9.88. The van der Waals surface area contributed by atoms with Crippen LogP contribution in [0.2, 0.25) is 0 Å². The van der Waals surface area contributed by atoms with E-state index >= 15 is 0 Å². The van der Waals surface area contributed by atoms with Gasteiger partial charge in [0.2, 0.25) is 0 Å². The summed E-state index contributed by atoms with van der Waals surface area (Å²) in [4.78, 5) is 37.9. The molecule has 0 bridgehead atoms. The van der Waals surface area contributed by atoms with Gasteiger partial charge >= 0.3 is 20.6 Å². The quantitative estimate of drug-likeness (QED) is 0.0201. The first kappa shape index (κ1) is 68.6. The SMILES string of the molecule is CC.CCCCCCCCC(=O)CCCCC(CCCO)C(O)CCCCCCCC.CCCCOC(=O)c1ccccc1C(=O)OCCCC.Cc1cc(C)c(O)c(-n2n3c4ccccc4n23)c1.O=POc1ccccc1. The van der Waals surface area contributed by atoms with Crippen LogP contribution in [0.25, 0.3) is 16.7 Å². The number of nitrogens with zero attached hydrogens (tertiary/aromatic N) is 3. The Morgan fingerprint density at radius 2 is 1.01 bits per heavy atom. The van der Waals surface area contributed by atoms with Crippen molar-refractivity contribution in [3.63, 3.8) is 0 Å². The fourth-order valence-corrected chi connectivity index (χ4v) is 9.14. The number of fused-ring (bicyclic) bond motifs is 4. The number of aliphatic hydroxyl groups excluding tert-OH is 2. The number of aliphatic hydroxyl groups is 2. The number of benzene rings is 4. The van der Waals surface area contributed by atoms with Crippen molar-refractivity contribution in [1.29, 1.82) is 0 Å². The summed E-state index contributed by atoms with van der Waals surface area (Å²) in [6.07, 6.45) is 25.2. The van der Waals surface area contributed by atoms with Crippen molar-refractivity contribution in [2.45, 2.75) is 216 Å². The lowest BCUT2D eigenvalue weighted by molar-refractivity contribution is -0.119. The molecule has 2 heterocycles. The van der Waals surface area contributed by atoms with Gasteiger partial charge in [-0.2, -0.15) is 0 Å². The highest BCUT2D eigenvalue weighted by Crippen LogP contribution is 2.33. The second-order valence-electron chi connectivity index (χ2n) is 19.9. The molecule has 4 aromatic carbocycles. The van der Waals surface area contributed by atoms with Gasteiger partial charge in [0.05, 0.1) is 30.4 Å². The second-order valence-corrected chi connectivity index (χ2v) is 20.2. The van der Waals surface area contributed by atoms with Crippen LogP contribution >= 0.6 is 8.69 Å². The van der Waals surface area contributed by atoms with Gasteiger partial charge in [-0.05, 0) is 125 Å². The van der Waals surface area contributed by atoms with Crippen molar-refractivity contribution >= 4 is 37.4 Å². The van der Waals surface area contributed by atoms with Gasteiger partial charge in [-0.3, -0.25) is 4.79 Å². The number of para-hydroxylation sites is 3. The lowest BCUT2D eigenvalue weighted by Crippen LogP contribution is -2.21. The number of aromatic nitrogens is 3. The van der Waals surface area contributed by atoms with E-state index in [-0.39, 0.29) is 38.4 Å². The van der Waals surface area contributed by atoms with Crippen LogP contribution in [-0.4, -0.2) is 73.0 Å². The van der Waals surface area contributed by atoms with Crippen molar-refractivity contribution in [3.8, 4) is 17.2 Å². The lowest BCUT2D eigenvalue weighted by Gasteiger charge is -2.23. The summed E-state index contributed by atoms with van der Waals surface area (Å²) in [5.74, 6) is 0.726. The fraction of sp³-hybridized carbons (Fsp3) is 0.578. The molecule has 0 fully saturated rings. The van der Waals surface area contributed by atoms with Crippen molar-refractivity contribution in [3.05, 3.63) is 113 Å². The van der Waals surface area contributed by atoms with Gasteiger partial charge in [0.25, 0.3) is 0 Å². The minimum atomic E-state index is -0.471. The highest BCUT2D eigenvalue weighted by Gasteiger charge is 2.26. The third-order valence-electron chi connectivity index (χ3n) is 13.4. The third kappa shape index (κ3) is 26.0. The Labute approximate surface area is 469 Å². The van der Waals surface area contributed by atoms with Crippen LogP contribution in [-0.2, 0) is 18.8 Å². The molecular weight excluding hydrogens is 1000 g/mol. The molecule has 0 spiro atoms. The number of aryl methyl sites for hydroxylation is 2. The topological polar surface area (TPSA) is 170 Å². The summed E-state index contributed by atoms with van der Waals surface area (Å²) < 4.78 is 28.8. The second kappa shape index (κ2) is 42.5. The van der Waals surface area contributed by atoms with Gasteiger partial charge in [0, 0.05) is 19.4 Å². The average molecular weight is 1100 g/mol. The van der Waals surface area contributed by atoms with Crippen LogP contribution in [0, 0.1) is 19.8 Å². The maximum atomic E-state index is 12.0. The summed E-state index contributed by atoms with van der Waals surface area (Å²) >= 11 is 0. The summed E-state index contributed by atoms with van der Waals surface area (Å²) in [5.41, 5.74) is 5.78. The van der Waals surface area contributed by atoms with Crippen molar-refractivity contribution in [2.24, 2.45) is 5.92 Å². The van der Waals surface area contributed by atoms with E-state index in [1.54, 1.807) is 36.4 Å². The molecule has 0 aliphatic heterocycles. The molecule has 0 aliphatic carbocycles. The number of ketones is 1. The summed E-state index contributed by atoms with van der Waals surface area (Å²) in [6.45, 7) is 17.4. The molecule has 3 N–H and O–H groups in total. The van der Waals surface area contributed by atoms with E-state index in [1.807, 2.05) is 98.1 Å². The van der Waals surface area contributed by atoms with Crippen LogP contribution in [0.4, 0.5) is 0 Å². The monoisotopic (exact) mass is 1100 g/mol. The zero-order valence-corrected chi connectivity index (χ0v) is 49.8. The van der Waals surface area contributed by atoms with Gasteiger partial charge in [-0.15, -0.1) is 14.1 Å². The van der Waals surface area contributed by atoms with Crippen molar-refractivity contribution in [2.75, 3.05) is 19.8 Å². The predicted octanol–water partition coefficient (Wildman–Crippen LogP) is 17.0. The molecule has 2 atom stereocenters. The molecular formula is C64H98N3O10P. The maximum Gasteiger partial charge on any atom is 0.395 e. The number of hydrogen-bond acceptors (Lipinski definition) is 10. The molecule has 0 aliphatic rings. The van der Waals surface area contributed by atoms with Crippen LogP contribution in [0.5, 0.6) is 11.5 Å². The smallest absolute Gasteiger partial charge is 0.395 e. The molecule has 0 radical (unpaired) electrons. The van der Waals surface area contributed by atoms with E-state index in [2.05, 4.69) is 30.5 Å². The Morgan fingerprint density at radius 3 is 1.53 bits per heavy atom. The number of rotatable bonds is 34. The number of phenolic OH excluding ortho intramolecular Hbond substituents is 1. The summed E-state index contributed by atoms with van der Waals surface area (Å²) in [5, 5.41) is 29.9. The average Bonchev–Trinajstić information content (AvgIpc) is 4.32. The number of Topliss-reactive ketones (excluding diaryl/α,β-unsaturated/α-hetero) is 1. The summed E-state index contributed by atoms with van der Waals surface area (Å²) in [7, 11) is -0.305. The zero-order valence-electron chi connectivity index (χ0n) is 48.9. The van der Waals surface area contributed by atoms with Gasteiger partial charge in [0.1, 0.15) is 34.0 Å². The molecule has 13 nitrogen and oxygen atoms in total. The molecule has 0 saturated heterocycles. The zero-order chi connectivity index (χ0) is 57.3. The maximum absolute atomic E-state index is 12.0. The van der Waals surface area contributed by atoms with Crippen LogP contribution in [0.3, 0.4) is 0 Å². The number of hydrogen-bond donors (Lipinski definition) is 3. The number of ether oxygens (including phenoxy) is 2. The largest absolute Gasteiger partial charge is 0.505 e. The van der Waals surface area contributed by atoms with Crippen LogP contribution in [0.1, 0.15) is 227 Å². The highest BCUT2D eigenvalue weighted by molar-refractivity contribution is 7.17. The predicted molar refractivity (Wildman–Crippen MR) is 318 cm³/mol. The minimum absolute atomic E-state index is 0.205. The molecule has 2 unspecified atom stereocenters. The first-order chi connectivity index (χ1) is 38.0. The van der Waals surface area contributed by atoms with E-state index in [0.29, 0.717) is 36.9 Å². The van der Waals surface area contributed by atoms with E-state index in [9.17, 15) is 29.2 Å². The number of carbonyl (C=O) groups is 3. The molecule has 6 rings (SSSR count). The number of phenols is 1. The number of esters is 2. The van der Waals surface area contributed by atoms with Crippen molar-refractivity contribution in [1.82, 2.24) is 14.1 Å². The Kier molecular flexibility index (Phi) is 37.3. The number of carbonyl (C=O) groups excluding carboxylic acids is 3. The Hall–Kier alpha value is -5.49. The third-order valence-corrected chi connectivity index (χ3v) is 13.7. The Balaban J connectivity index is 0.000000371. The minimum Gasteiger partial charge on any atom is -0.505 e. The standard InChI is InChI=1S/C26H52O3.C16H22O4.C14H13N3O.C6H5O2P.C2H6/c1-3-5-7-9-11-13-20-25(28)21-16-15-18-24(19-17-23-27)26(29)22-14-12-10-8-6-4-2;1-3-5-11-19-15(17)13-9-7-8-10-14(13)16(18)20-12-6-4-2;1-9-7-10(2)14(18)13(8-9)17-15-11-5-3-4-6-12(11)16(15)17;7-9-8-6-4-2-1-3-5-6;1-2/h24,26-27,29H,3-23H2,1-2H3;7-10H,3-6,11-12H2,1-2H3;3-8,18H,1-2H3;1-5H;1-2H3. The first-order valence-electron chi connectivity index (χ1n) is 29.5. The highest BCUT2D eigenvalue weighted by atomic mass is 31.1. The van der Waals surface area contributed by atoms with Gasteiger partial charge in [-0.25, -0.2) is 14.2 Å². The summed E-state index contributed by atoms with van der Waals surface area (Å²) in [6, 6.07) is 27.8. The van der Waals surface area contributed by atoms with Crippen LogP contribution in [0.15, 0.2) is 91.0 Å². The Morgan fingerprint density at radius 1 is 0.564 bits per heavy atom. The normalized spacial score (nSPS) is 11.6. The molecule has 434 valence electrons. The fourth-order valence-electron chi connectivity index (χ4n) is 8.93. The molecule has 0 amide bonds. The number of aromatic hydroxyl groups is 1. The molecule has 78 heavy (non-hydrogen) atoms. The van der Waals surface area contributed by atoms with Gasteiger partial charge < -0.3 is 29.3 Å². The van der Waals surface area contributed by atoms with Gasteiger partial charge in [0.15, 0.2) is 0 Å². The van der Waals surface area contributed by atoms with Crippen LogP contribution < -0.4 is 4.52 Å². The van der Waals surface area contributed by atoms with Gasteiger partial charge in [-0.1, -0.05) is 180 Å². The van der Waals surface area contributed by atoms with E-state index in [1.165, 1.54) is 75.2 Å². The van der Waals surface area contributed by atoms with E-state index < -0.39 is 11.9 Å².